The molecule has 0 unspecified atom stereocenters. The highest BCUT2D eigenvalue weighted by Crippen LogP contribution is 2.22. The molecule has 2 aromatic carbocycles. The number of nitrogens with zero attached hydrogens (tertiary/aromatic N) is 2. The molecule has 0 saturated carbocycles. The third kappa shape index (κ3) is 2.71. The monoisotopic (exact) mass is 388 g/mol. The first-order chi connectivity index (χ1) is 11.6. The van der Waals surface area contributed by atoms with E-state index < -0.39 is 0 Å². The maximum Gasteiger partial charge on any atom is 0.261 e. The number of hydrogen-bond acceptors (Lipinski definition) is 3. The van der Waals surface area contributed by atoms with Crippen molar-refractivity contribution < 1.29 is 9.13 Å². The second-order valence-electron chi connectivity index (χ2n) is 5.79. The van der Waals surface area contributed by atoms with Gasteiger partial charge < -0.3 is 4.74 Å². The summed E-state index contributed by atoms with van der Waals surface area (Å²) in [7, 11) is 0. The van der Waals surface area contributed by atoms with Crippen molar-refractivity contribution in [3.63, 3.8) is 0 Å². The predicted molar refractivity (Wildman–Crippen MR) is 92.8 cm³/mol. The van der Waals surface area contributed by atoms with E-state index in [1.807, 2.05) is 0 Å². The number of benzene rings is 2. The van der Waals surface area contributed by atoms with Crippen LogP contribution in [0.1, 0.15) is 17.8 Å². The second kappa shape index (κ2) is 6.02. The van der Waals surface area contributed by atoms with Crippen molar-refractivity contribution in [2.45, 2.75) is 26.0 Å². The van der Waals surface area contributed by atoms with Gasteiger partial charge in [0.2, 0.25) is 0 Å². The molecule has 1 aliphatic rings. The maximum absolute atomic E-state index is 13.8. The minimum Gasteiger partial charge on any atom is -0.489 e. The number of fused-ring (bicyclic) bond motifs is 2. The summed E-state index contributed by atoms with van der Waals surface area (Å²) < 4.78 is 21.9. The average molecular weight is 389 g/mol. The summed E-state index contributed by atoms with van der Waals surface area (Å²) >= 11 is 3.23. The smallest absolute Gasteiger partial charge is 0.261 e. The Bertz CT molecular complexity index is 1000. The minimum atomic E-state index is -0.329. The van der Waals surface area contributed by atoms with E-state index in [9.17, 15) is 9.18 Å². The molecule has 24 heavy (non-hydrogen) atoms. The zero-order valence-corrected chi connectivity index (χ0v) is 14.3. The summed E-state index contributed by atoms with van der Waals surface area (Å²) in [5.74, 6) is 1.05. The van der Waals surface area contributed by atoms with Crippen molar-refractivity contribution in [2.24, 2.45) is 0 Å². The van der Waals surface area contributed by atoms with Gasteiger partial charge in [0.05, 0.1) is 10.9 Å². The standard InChI is InChI=1S/C18H14BrFN2O2/c19-12-4-3-11(15(20)8-12)10-24-13-5-6-16-14(9-13)18(23)22-7-1-2-17(22)21-16/h3-6,8-9H,1-2,7,10H2. The molecule has 6 heteroatoms. The van der Waals surface area contributed by atoms with Gasteiger partial charge in [0.1, 0.15) is 24.0 Å². The molecule has 0 spiro atoms. The van der Waals surface area contributed by atoms with Crippen LogP contribution < -0.4 is 10.3 Å². The SMILES string of the molecule is O=c1c2cc(OCc3ccc(Br)cc3F)ccc2nc2n1CCC2. The fourth-order valence-corrected chi connectivity index (χ4v) is 3.29. The molecule has 122 valence electrons. The Morgan fingerprint density at radius 2 is 2.12 bits per heavy atom. The molecule has 0 N–H and O–H groups in total. The van der Waals surface area contributed by atoms with Crippen LogP contribution in [0.25, 0.3) is 10.9 Å². The molecule has 1 aliphatic heterocycles. The van der Waals surface area contributed by atoms with Gasteiger partial charge in [-0.25, -0.2) is 9.37 Å². The van der Waals surface area contributed by atoms with Crippen molar-refractivity contribution in [3.05, 3.63) is 68.4 Å². The number of ether oxygens (including phenoxy) is 1. The molecule has 1 aromatic heterocycles. The third-order valence-corrected chi connectivity index (χ3v) is 4.69. The zero-order chi connectivity index (χ0) is 16.7. The number of halogens is 2. The molecule has 0 atom stereocenters. The lowest BCUT2D eigenvalue weighted by Gasteiger charge is -2.09. The van der Waals surface area contributed by atoms with Crippen LogP contribution in [0.4, 0.5) is 4.39 Å². The Kier molecular flexibility index (Phi) is 3.84. The highest BCUT2D eigenvalue weighted by atomic mass is 79.9. The van der Waals surface area contributed by atoms with Crippen LogP contribution in [0, 0.1) is 5.82 Å². The van der Waals surface area contributed by atoms with E-state index in [1.165, 1.54) is 6.07 Å². The number of aromatic nitrogens is 2. The fourth-order valence-electron chi connectivity index (χ4n) is 2.95. The van der Waals surface area contributed by atoms with Crippen LogP contribution in [-0.4, -0.2) is 9.55 Å². The van der Waals surface area contributed by atoms with Gasteiger partial charge in [0, 0.05) is 23.0 Å². The van der Waals surface area contributed by atoms with E-state index in [0.29, 0.717) is 33.2 Å². The van der Waals surface area contributed by atoms with E-state index in [1.54, 1.807) is 34.9 Å². The van der Waals surface area contributed by atoms with Gasteiger partial charge in [0.15, 0.2) is 0 Å². The normalized spacial score (nSPS) is 13.2. The molecule has 0 aliphatic carbocycles. The summed E-state index contributed by atoms with van der Waals surface area (Å²) in [5, 5.41) is 0.537. The molecule has 0 saturated heterocycles. The van der Waals surface area contributed by atoms with Gasteiger partial charge in [0.25, 0.3) is 5.56 Å². The third-order valence-electron chi connectivity index (χ3n) is 4.20. The first kappa shape index (κ1) is 15.3. The van der Waals surface area contributed by atoms with Crippen molar-refractivity contribution in [1.82, 2.24) is 9.55 Å². The van der Waals surface area contributed by atoms with E-state index in [-0.39, 0.29) is 18.0 Å². The Morgan fingerprint density at radius 1 is 1.25 bits per heavy atom. The highest BCUT2D eigenvalue weighted by molar-refractivity contribution is 9.10. The molecule has 0 bridgehead atoms. The first-order valence-electron chi connectivity index (χ1n) is 7.72. The quantitative estimate of drug-likeness (QED) is 0.684. The van der Waals surface area contributed by atoms with Gasteiger partial charge in [-0.05, 0) is 36.8 Å². The van der Waals surface area contributed by atoms with Gasteiger partial charge in [-0.3, -0.25) is 9.36 Å². The topological polar surface area (TPSA) is 44.1 Å². The summed E-state index contributed by atoms with van der Waals surface area (Å²) in [6.07, 6.45) is 1.79. The Hall–Kier alpha value is -2.21. The maximum atomic E-state index is 13.8. The summed E-state index contributed by atoms with van der Waals surface area (Å²) in [4.78, 5) is 17.1. The molecule has 0 radical (unpaired) electrons. The van der Waals surface area contributed by atoms with Crippen molar-refractivity contribution >= 4 is 26.8 Å². The van der Waals surface area contributed by atoms with Gasteiger partial charge >= 0.3 is 0 Å². The van der Waals surface area contributed by atoms with Crippen LogP contribution >= 0.6 is 15.9 Å². The predicted octanol–water partition coefficient (Wildman–Crippen LogP) is 3.82. The molecule has 0 amide bonds. The molecule has 4 nitrogen and oxygen atoms in total. The summed E-state index contributed by atoms with van der Waals surface area (Å²) in [6.45, 7) is 0.816. The van der Waals surface area contributed by atoms with E-state index in [4.69, 9.17) is 4.74 Å². The number of hydrogen-bond donors (Lipinski definition) is 0. The highest BCUT2D eigenvalue weighted by Gasteiger charge is 2.16. The fraction of sp³-hybridized carbons (Fsp3) is 0.222. The van der Waals surface area contributed by atoms with Crippen molar-refractivity contribution in [2.75, 3.05) is 0 Å². The number of rotatable bonds is 3. The largest absolute Gasteiger partial charge is 0.489 e. The zero-order valence-electron chi connectivity index (χ0n) is 12.8. The van der Waals surface area contributed by atoms with Gasteiger partial charge in [-0.2, -0.15) is 0 Å². The summed E-state index contributed by atoms with van der Waals surface area (Å²) in [6, 6.07) is 10.1. The minimum absolute atomic E-state index is 0.0345. The van der Waals surface area contributed by atoms with Crippen LogP contribution in [0.5, 0.6) is 5.75 Å². The molecule has 2 heterocycles. The molecule has 0 fully saturated rings. The van der Waals surface area contributed by atoms with Crippen molar-refractivity contribution in [1.29, 1.82) is 0 Å². The van der Waals surface area contributed by atoms with Crippen LogP contribution in [0.15, 0.2) is 45.7 Å². The molecule has 3 aromatic rings. The van der Waals surface area contributed by atoms with Gasteiger partial charge in [-0.1, -0.05) is 22.0 Å². The van der Waals surface area contributed by atoms with Gasteiger partial charge in [-0.15, -0.1) is 0 Å². The van der Waals surface area contributed by atoms with E-state index >= 15 is 0 Å². The Morgan fingerprint density at radius 3 is 2.96 bits per heavy atom. The molecular formula is C18H14BrFN2O2. The van der Waals surface area contributed by atoms with Crippen molar-refractivity contribution in [3.8, 4) is 5.75 Å². The van der Waals surface area contributed by atoms with Crippen LogP contribution in [0.3, 0.4) is 0 Å². The van der Waals surface area contributed by atoms with Crippen LogP contribution in [-0.2, 0) is 19.6 Å². The second-order valence-corrected chi connectivity index (χ2v) is 6.71. The van der Waals surface area contributed by atoms with E-state index in [0.717, 1.165) is 18.7 Å². The van der Waals surface area contributed by atoms with Crippen LogP contribution in [0.2, 0.25) is 0 Å². The summed E-state index contributed by atoms with van der Waals surface area (Å²) in [5.41, 5.74) is 1.10. The molecular weight excluding hydrogens is 375 g/mol. The van der Waals surface area contributed by atoms with E-state index in [2.05, 4.69) is 20.9 Å². The molecule has 4 rings (SSSR count). The number of aryl methyl sites for hydroxylation is 1. The Balaban J connectivity index is 1.64. The lowest BCUT2D eigenvalue weighted by atomic mass is 10.2. The average Bonchev–Trinajstić information content (AvgIpc) is 3.03. The lowest BCUT2D eigenvalue weighted by Crippen LogP contribution is -2.20. The lowest BCUT2D eigenvalue weighted by molar-refractivity contribution is 0.300. The first-order valence-corrected chi connectivity index (χ1v) is 8.51. The Labute approximate surface area is 146 Å².